The molecule has 1 fully saturated rings. The number of hydrogen-bond donors (Lipinski definition) is 1. The molecule has 2 aliphatic heterocycles. The van der Waals surface area contributed by atoms with Crippen LogP contribution >= 0.6 is 0 Å². The molecule has 1 unspecified atom stereocenters. The summed E-state index contributed by atoms with van der Waals surface area (Å²) in [7, 11) is 0. The van der Waals surface area contributed by atoms with E-state index < -0.39 is 17.7 Å². The van der Waals surface area contributed by atoms with Gasteiger partial charge < -0.3 is 24.2 Å². The van der Waals surface area contributed by atoms with Gasteiger partial charge in [0.15, 0.2) is 6.29 Å². The zero-order valence-electron chi connectivity index (χ0n) is 16.8. The smallest absolute Gasteiger partial charge is 0.223 e. The second-order valence-electron chi connectivity index (χ2n) is 7.81. The van der Waals surface area contributed by atoms with Gasteiger partial charge in [0.25, 0.3) is 0 Å². The number of nitrogens with zero attached hydrogens (tertiary/aromatic N) is 2. The van der Waals surface area contributed by atoms with Gasteiger partial charge in [0, 0.05) is 18.6 Å². The topological polar surface area (TPSA) is 92.0 Å². The summed E-state index contributed by atoms with van der Waals surface area (Å²) in [6.45, 7) is 8.20. The van der Waals surface area contributed by atoms with Gasteiger partial charge in [0.1, 0.15) is 17.5 Å². The van der Waals surface area contributed by atoms with Gasteiger partial charge in [-0.1, -0.05) is 0 Å². The Labute approximate surface area is 165 Å². The number of fused-ring (bicyclic) bond motifs is 1. The van der Waals surface area contributed by atoms with Crippen molar-refractivity contribution in [3.8, 4) is 11.8 Å². The predicted molar refractivity (Wildman–Crippen MR) is 102 cm³/mol. The van der Waals surface area contributed by atoms with Crippen LogP contribution in [0.3, 0.4) is 0 Å². The van der Waals surface area contributed by atoms with Crippen molar-refractivity contribution in [2.45, 2.75) is 70.6 Å². The molecule has 7 nitrogen and oxygen atoms in total. The van der Waals surface area contributed by atoms with Crippen molar-refractivity contribution in [3.63, 3.8) is 0 Å². The average molecular weight is 388 g/mol. The molecular weight excluding hydrogens is 360 g/mol. The van der Waals surface area contributed by atoms with Crippen LogP contribution in [0.25, 0.3) is 0 Å². The van der Waals surface area contributed by atoms with Gasteiger partial charge in [-0.15, -0.1) is 0 Å². The zero-order valence-corrected chi connectivity index (χ0v) is 16.8. The van der Waals surface area contributed by atoms with Crippen molar-refractivity contribution in [2.75, 3.05) is 13.2 Å². The fourth-order valence-corrected chi connectivity index (χ4v) is 3.98. The fourth-order valence-electron chi connectivity index (χ4n) is 3.98. The molecule has 1 saturated heterocycles. The second-order valence-corrected chi connectivity index (χ2v) is 7.81. The summed E-state index contributed by atoms with van der Waals surface area (Å²) in [5.74, 6) is 0.550. The van der Waals surface area contributed by atoms with Crippen LogP contribution in [0, 0.1) is 11.3 Å². The number of likely N-dealkylation sites (tertiary alicyclic amines) is 1. The summed E-state index contributed by atoms with van der Waals surface area (Å²) in [5, 5.41) is 20.4. The average Bonchev–Trinajstić information content (AvgIpc) is 3.01. The quantitative estimate of drug-likeness (QED) is 0.753. The third-order valence-electron chi connectivity index (χ3n) is 5.44. The van der Waals surface area contributed by atoms with Crippen molar-refractivity contribution >= 4 is 5.91 Å². The lowest BCUT2D eigenvalue weighted by Gasteiger charge is -2.46. The molecule has 1 N–H and O–H groups in total. The van der Waals surface area contributed by atoms with Crippen molar-refractivity contribution in [1.29, 1.82) is 5.26 Å². The minimum Gasteiger partial charge on any atom is -0.485 e. The molecule has 2 heterocycles. The van der Waals surface area contributed by atoms with E-state index in [9.17, 15) is 15.2 Å². The maximum Gasteiger partial charge on any atom is 0.223 e. The number of ether oxygens (including phenoxy) is 3. The van der Waals surface area contributed by atoms with Crippen molar-refractivity contribution in [3.05, 3.63) is 29.3 Å². The number of amides is 1. The van der Waals surface area contributed by atoms with Crippen LogP contribution < -0.4 is 4.74 Å². The molecule has 1 aromatic rings. The maximum absolute atomic E-state index is 12.8. The van der Waals surface area contributed by atoms with E-state index in [1.54, 1.807) is 36.9 Å². The predicted octanol–water partition coefficient (Wildman–Crippen LogP) is 2.52. The van der Waals surface area contributed by atoms with Crippen LogP contribution in [0.5, 0.6) is 5.75 Å². The lowest BCUT2D eigenvalue weighted by molar-refractivity contribution is -0.157. The summed E-state index contributed by atoms with van der Waals surface area (Å²) < 4.78 is 17.2. The number of carbonyl (C=O) groups excluding carboxylic acids is 1. The highest BCUT2D eigenvalue weighted by molar-refractivity contribution is 5.79. The van der Waals surface area contributed by atoms with Crippen molar-refractivity contribution < 1.29 is 24.1 Å². The van der Waals surface area contributed by atoms with Gasteiger partial charge in [0.05, 0.1) is 30.3 Å². The number of hydrogen-bond acceptors (Lipinski definition) is 6. The molecule has 0 bridgehead atoms. The van der Waals surface area contributed by atoms with Gasteiger partial charge in [-0.2, -0.15) is 5.26 Å². The van der Waals surface area contributed by atoms with Crippen LogP contribution in [-0.2, 0) is 14.3 Å². The van der Waals surface area contributed by atoms with E-state index in [0.29, 0.717) is 42.9 Å². The van der Waals surface area contributed by atoms with Crippen molar-refractivity contribution in [2.24, 2.45) is 0 Å². The van der Waals surface area contributed by atoms with Crippen LogP contribution in [0.2, 0.25) is 0 Å². The zero-order chi connectivity index (χ0) is 20.5. The first-order valence-corrected chi connectivity index (χ1v) is 9.74. The first-order chi connectivity index (χ1) is 13.3. The molecule has 3 rings (SSSR count). The standard InChI is InChI=1S/C21H28N2O5/c1-5-26-13(2)27-12-15-7-9-18(24)23(15)19-16-10-14(11-22)6-8-17(16)28-21(3,4)20(19)25/h6,8,10,13,15,19-20,25H,5,7,9,12H2,1-4H3/t13?,15-,19-,20+/m1/s1. The molecule has 0 radical (unpaired) electrons. The van der Waals surface area contributed by atoms with E-state index in [1.807, 2.05) is 13.8 Å². The van der Waals surface area contributed by atoms with E-state index in [0.717, 1.165) is 0 Å². The highest BCUT2D eigenvalue weighted by atomic mass is 16.7. The number of carbonyl (C=O) groups is 1. The van der Waals surface area contributed by atoms with E-state index >= 15 is 0 Å². The highest BCUT2D eigenvalue weighted by Gasteiger charge is 2.50. The normalized spacial score (nSPS) is 27.1. The Kier molecular flexibility index (Phi) is 5.94. The highest BCUT2D eigenvalue weighted by Crippen LogP contribution is 2.45. The van der Waals surface area contributed by atoms with Crippen LogP contribution in [-0.4, -0.2) is 53.2 Å². The lowest BCUT2D eigenvalue weighted by atomic mass is 9.84. The Balaban J connectivity index is 1.94. The first kappa shape index (κ1) is 20.6. The van der Waals surface area contributed by atoms with Gasteiger partial charge in [-0.25, -0.2) is 0 Å². The molecule has 0 saturated carbocycles. The molecule has 0 aliphatic carbocycles. The van der Waals surface area contributed by atoms with E-state index in [4.69, 9.17) is 14.2 Å². The largest absolute Gasteiger partial charge is 0.485 e. The Morgan fingerprint density at radius 1 is 1.43 bits per heavy atom. The van der Waals surface area contributed by atoms with Gasteiger partial charge in [0.2, 0.25) is 5.91 Å². The number of aliphatic hydroxyl groups is 1. The first-order valence-electron chi connectivity index (χ1n) is 9.74. The van der Waals surface area contributed by atoms with E-state index in [-0.39, 0.29) is 18.2 Å². The third-order valence-corrected chi connectivity index (χ3v) is 5.44. The van der Waals surface area contributed by atoms with Crippen LogP contribution in [0.15, 0.2) is 18.2 Å². The van der Waals surface area contributed by atoms with Crippen LogP contribution in [0.4, 0.5) is 0 Å². The SMILES string of the molecule is CCOC(C)OC[C@H]1CCC(=O)N1[C@@H]1c2cc(C#N)ccc2OC(C)(C)[C@H]1O. The Hall–Kier alpha value is -2.14. The molecule has 152 valence electrons. The van der Waals surface area contributed by atoms with Crippen molar-refractivity contribution in [1.82, 2.24) is 4.90 Å². The number of benzene rings is 1. The summed E-state index contributed by atoms with van der Waals surface area (Å²) in [6, 6.07) is 6.45. The lowest BCUT2D eigenvalue weighted by Crippen LogP contribution is -2.55. The molecule has 1 amide bonds. The molecule has 1 aromatic carbocycles. The van der Waals surface area contributed by atoms with E-state index in [2.05, 4.69) is 6.07 Å². The minimum atomic E-state index is -0.942. The fraction of sp³-hybridized carbons (Fsp3) is 0.619. The Bertz CT molecular complexity index is 773. The monoisotopic (exact) mass is 388 g/mol. The minimum absolute atomic E-state index is 0.0345. The summed E-state index contributed by atoms with van der Waals surface area (Å²) in [6.07, 6.45) is -0.261. The molecule has 7 heteroatoms. The Morgan fingerprint density at radius 2 is 2.18 bits per heavy atom. The number of rotatable bonds is 6. The summed E-state index contributed by atoms with van der Waals surface area (Å²) in [4.78, 5) is 14.5. The number of aliphatic hydroxyl groups excluding tert-OH is 1. The Morgan fingerprint density at radius 3 is 2.86 bits per heavy atom. The van der Waals surface area contributed by atoms with Gasteiger partial charge >= 0.3 is 0 Å². The van der Waals surface area contributed by atoms with E-state index in [1.165, 1.54) is 0 Å². The molecular formula is C21H28N2O5. The number of nitriles is 1. The second kappa shape index (κ2) is 8.08. The van der Waals surface area contributed by atoms with Crippen LogP contribution in [0.1, 0.15) is 57.7 Å². The van der Waals surface area contributed by atoms with Gasteiger partial charge in [-0.3, -0.25) is 4.79 Å². The maximum atomic E-state index is 12.8. The molecule has 2 aliphatic rings. The molecule has 0 spiro atoms. The molecule has 28 heavy (non-hydrogen) atoms. The van der Waals surface area contributed by atoms with Gasteiger partial charge in [-0.05, 0) is 52.3 Å². The molecule has 4 atom stereocenters. The third kappa shape index (κ3) is 3.86. The summed E-state index contributed by atoms with van der Waals surface area (Å²) >= 11 is 0. The summed E-state index contributed by atoms with van der Waals surface area (Å²) in [5.41, 5.74) is 0.242. The molecule has 0 aromatic heterocycles.